The first-order valence-corrected chi connectivity index (χ1v) is 5.59. The molecule has 90 valence electrons. The van der Waals surface area contributed by atoms with Gasteiger partial charge in [0.1, 0.15) is 5.82 Å². The molecular formula is C12H11ClFNO2. The van der Waals surface area contributed by atoms with Gasteiger partial charge in [0.05, 0.1) is 30.5 Å². The Morgan fingerprint density at radius 1 is 1.59 bits per heavy atom. The van der Waals surface area contributed by atoms with Gasteiger partial charge >= 0.3 is 5.97 Å². The van der Waals surface area contributed by atoms with Crippen LogP contribution in [0.25, 0.3) is 0 Å². The Labute approximate surface area is 104 Å². The van der Waals surface area contributed by atoms with Crippen molar-refractivity contribution in [2.24, 2.45) is 0 Å². The highest BCUT2D eigenvalue weighted by Crippen LogP contribution is 2.20. The molecule has 3 nitrogen and oxygen atoms in total. The van der Waals surface area contributed by atoms with Crippen LogP contribution in [0.4, 0.5) is 4.39 Å². The van der Waals surface area contributed by atoms with E-state index in [4.69, 9.17) is 21.6 Å². The molecule has 0 unspecified atom stereocenters. The molecule has 0 saturated carbocycles. The zero-order valence-corrected chi connectivity index (χ0v) is 10.1. The summed E-state index contributed by atoms with van der Waals surface area (Å²) in [6, 6.07) is 4.48. The van der Waals surface area contributed by atoms with Crippen molar-refractivity contribution in [1.82, 2.24) is 0 Å². The van der Waals surface area contributed by atoms with Crippen molar-refractivity contribution in [3.8, 4) is 6.07 Å². The Hall–Kier alpha value is -1.60. The lowest BCUT2D eigenvalue weighted by molar-refractivity contribution is -0.142. The van der Waals surface area contributed by atoms with Crippen LogP contribution in [0.1, 0.15) is 23.6 Å². The monoisotopic (exact) mass is 255 g/mol. The van der Waals surface area contributed by atoms with Gasteiger partial charge in [0.15, 0.2) is 0 Å². The second-order valence-corrected chi connectivity index (χ2v) is 3.55. The van der Waals surface area contributed by atoms with Crippen molar-refractivity contribution in [2.75, 3.05) is 6.61 Å². The maximum atomic E-state index is 13.4. The average Bonchev–Trinajstić information content (AvgIpc) is 2.31. The van der Waals surface area contributed by atoms with Crippen molar-refractivity contribution < 1.29 is 13.9 Å². The summed E-state index contributed by atoms with van der Waals surface area (Å²) in [6.07, 6.45) is -0.0547. The molecule has 1 aromatic carbocycles. The molecule has 0 heterocycles. The summed E-state index contributed by atoms with van der Waals surface area (Å²) < 4.78 is 18.1. The number of nitrogens with zero attached hydrogens (tertiary/aromatic N) is 1. The molecule has 0 radical (unpaired) electrons. The van der Waals surface area contributed by atoms with E-state index in [2.05, 4.69) is 0 Å². The van der Waals surface area contributed by atoms with Gasteiger partial charge in [-0.05, 0) is 18.6 Å². The summed E-state index contributed by atoms with van der Waals surface area (Å²) in [5.41, 5.74) is 0.673. The highest BCUT2D eigenvalue weighted by molar-refractivity contribution is 6.17. The maximum absolute atomic E-state index is 13.4. The fourth-order valence-corrected chi connectivity index (χ4v) is 1.72. The molecule has 0 aromatic heterocycles. The van der Waals surface area contributed by atoms with E-state index in [1.807, 2.05) is 6.07 Å². The number of hydrogen-bond donors (Lipinski definition) is 0. The van der Waals surface area contributed by atoms with Crippen molar-refractivity contribution in [1.29, 1.82) is 5.26 Å². The van der Waals surface area contributed by atoms with Crippen LogP contribution in [-0.2, 0) is 21.8 Å². The molecule has 1 rings (SSSR count). The van der Waals surface area contributed by atoms with Gasteiger partial charge in [-0.3, -0.25) is 4.79 Å². The number of nitriles is 1. The molecule has 0 aliphatic heterocycles. The Morgan fingerprint density at radius 3 is 2.82 bits per heavy atom. The summed E-state index contributed by atoms with van der Waals surface area (Å²) in [5, 5.41) is 8.97. The van der Waals surface area contributed by atoms with Crippen LogP contribution >= 0.6 is 11.6 Å². The number of hydrogen-bond acceptors (Lipinski definition) is 3. The molecule has 1 aromatic rings. The van der Waals surface area contributed by atoms with Crippen molar-refractivity contribution in [3.05, 3.63) is 34.6 Å². The summed E-state index contributed by atoms with van der Waals surface area (Å²) in [7, 11) is 0. The average molecular weight is 256 g/mol. The molecule has 0 N–H and O–H groups in total. The van der Waals surface area contributed by atoms with E-state index in [0.717, 1.165) is 0 Å². The first-order valence-electron chi connectivity index (χ1n) is 5.06. The van der Waals surface area contributed by atoms with Crippen LogP contribution in [-0.4, -0.2) is 12.6 Å². The minimum absolute atomic E-state index is 0.0547. The molecule has 0 aliphatic rings. The van der Waals surface area contributed by atoms with E-state index in [1.54, 1.807) is 6.92 Å². The first-order chi connectivity index (χ1) is 8.13. The number of carbonyl (C=O) groups excluding carboxylic acids is 1. The number of benzene rings is 1. The van der Waals surface area contributed by atoms with Crippen LogP contribution in [0, 0.1) is 17.1 Å². The predicted molar refractivity (Wildman–Crippen MR) is 61.0 cm³/mol. The zero-order valence-electron chi connectivity index (χ0n) is 9.30. The normalized spacial score (nSPS) is 9.76. The molecule has 0 fully saturated rings. The van der Waals surface area contributed by atoms with Crippen LogP contribution in [0.5, 0.6) is 0 Å². The standard InChI is InChI=1S/C12H11ClFNO2/c1-2-17-12(16)5-8-3-4-11(14)9(6-13)10(8)7-15/h3-4H,2,5-6H2,1H3. The topological polar surface area (TPSA) is 50.1 Å². The van der Waals surface area contributed by atoms with Crippen LogP contribution in [0.3, 0.4) is 0 Å². The molecular weight excluding hydrogens is 245 g/mol. The third-order valence-corrected chi connectivity index (χ3v) is 2.49. The predicted octanol–water partition coefficient (Wildman–Crippen LogP) is 2.54. The van der Waals surface area contributed by atoms with Gasteiger partial charge in [0, 0.05) is 5.56 Å². The van der Waals surface area contributed by atoms with E-state index in [9.17, 15) is 9.18 Å². The fraction of sp³-hybridized carbons (Fsp3) is 0.333. The van der Waals surface area contributed by atoms with Gasteiger partial charge in [0.2, 0.25) is 0 Å². The lowest BCUT2D eigenvalue weighted by Gasteiger charge is -2.08. The summed E-state index contributed by atoms with van der Waals surface area (Å²) in [5.74, 6) is -1.09. The Bertz CT molecular complexity index is 468. The smallest absolute Gasteiger partial charge is 0.310 e. The van der Waals surface area contributed by atoms with Crippen LogP contribution in [0.2, 0.25) is 0 Å². The summed E-state index contributed by atoms with van der Waals surface area (Å²) in [6.45, 7) is 1.96. The van der Waals surface area contributed by atoms with Crippen LogP contribution < -0.4 is 0 Å². The molecule has 0 aliphatic carbocycles. The fourth-order valence-electron chi connectivity index (χ4n) is 1.46. The molecule has 17 heavy (non-hydrogen) atoms. The second-order valence-electron chi connectivity index (χ2n) is 3.29. The first kappa shape index (κ1) is 13.5. The van der Waals surface area contributed by atoms with Gasteiger partial charge in [-0.15, -0.1) is 11.6 Å². The van der Waals surface area contributed by atoms with E-state index in [0.29, 0.717) is 5.56 Å². The van der Waals surface area contributed by atoms with E-state index >= 15 is 0 Å². The Kier molecular flexibility index (Phi) is 4.92. The van der Waals surface area contributed by atoms with Gasteiger partial charge < -0.3 is 4.74 Å². The zero-order chi connectivity index (χ0) is 12.8. The molecule has 0 amide bonds. The minimum Gasteiger partial charge on any atom is -0.466 e. The van der Waals surface area contributed by atoms with Gasteiger partial charge in [-0.25, -0.2) is 4.39 Å². The highest BCUT2D eigenvalue weighted by Gasteiger charge is 2.15. The number of carbonyl (C=O) groups is 1. The largest absolute Gasteiger partial charge is 0.466 e. The van der Waals surface area contributed by atoms with Crippen LogP contribution in [0.15, 0.2) is 12.1 Å². The molecule has 0 atom stereocenters. The summed E-state index contributed by atoms with van der Waals surface area (Å²) >= 11 is 5.58. The van der Waals surface area contributed by atoms with Gasteiger partial charge in [-0.1, -0.05) is 6.07 Å². The number of halogens is 2. The van der Waals surface area contributed by atoms with Crippen molar-refractivity contribution in [3.63, 3.8) is 0 Å². The maximum Gasteiger partial charge on any atom is 0.310 e. The van der Waals surface area contributed by atoms with E-state index in [-0.39, 0.29) is 30.0 Å². The third-order valence-electron chi connectivity index (χ3n) is 2.23. The number of ether oxygens (including phenoxy) is 1. The highest BCUT2D eigenvalue weighted by atomic mass is 35.5. The molecule has 0 spiro atoms. The molecule has 5 heteroatoms. The third kappa shape index (κ3) is 3.18. The van der Waals surface area contributed by atoms with Gasteiger partial charge in [-0.2, -0.15) is 5.26 Å². The molecule has 0 bridgehead atoms. The minimum atomic E-state index is -0.538. The number of esters is 1. The lowest BCUT2D eigenvalue weighted by Crippen LogP contribution is -2.10. The van der Waals surface area contributed by atoms with Crippen molar-refractivity contribution >= 4 is 17.6 Å². The Morgan fingerprint density at radius 2 is 2.29 bits per heavy atom. The quantitative estimate of drug-likeness (QED) is 0.614. The lowest BCUT2D eigenvalue weighted by atomic mass is 10.00. The van der Waals surface area contributed by atoms with E-state index < -0.39 is 11.8 Å². The summed E-state index contributed by atoms with van der Waals surface area (Å²) in [4.78, 5) is 11.3. The van der Waals surface area contributed by atoms with Crippen molar-refractivity contribution in [2.45, 2.75) is 19.2 Å². The Balaban J connectivity index is 3.09. The number of rotatable bonds is 4. The second kappa shape index (κ2) is 6.21. The van der Waals surface area contributed by atoms with Gasteiger partial charge in [0.25, 0.3) is 0 Å². The number of alkyl halides is 1. The molecule has 0 saturated heterocycles. The SMILES string of the molecule is CCOC(=O)Cc1ccc(F)c(CCl)c1C#N. The van der Waals surface area contributed by atoms with E-state index in [1.165, 1.54) is 12.1 Å².